The van der Waals surface area contributed by atoms with E-state index in [0.717, 1.165) is 0 Å². The molecule has 0 aromatic heterocycles. The Bertz CT molecular complexity index is 69.3. The standard InChI is InChI=1S/C7H17Si.Eu/c1-4-7-8(5-2)6-3;/h4-7H2,1-3H3;. The summed E-state index contributed by atoms with van der Waals surface area (Å²) in [4.78, 5) is 0. The van der Waals surface area contributed by atoms with E-state index in [1.165, 1.54) is 18.5 Å². The number of rotatable bonds is 4. The molecule has 9 heavy (non-hydrogen) atoms. The molecular weight excluding hydrogens is 264 g/mol. The van der Waals surface area contributed by atoms with Crippen molar-refractivity contribution in [1.82, 2.24) is 0 Å². The summed E-state index contributed by atoms with van der Waals surface area (Å²) < 4.78 is -0.642. The first-order chi connectivity index (χ1) is 4.18. The van der Waals surface area contributed by atoms with Crippen LogP contribution in [0.3, 0.4) is 0 Å². The van der Waals surface area contributed by atoms with Gasteiger partial charge in [0, 0.05) is 0 Å². The van der Waals surface area contributed by atoms with Gasteiger partial charge in [0.05, 0.1) is 0 Å². The summed E-state index contributed by atoms with van der Waals surface area (Å²) in [6.07, 6.45) is 1.41. The third-order valence-corrected chi connectivity index (χ3v) is 12.9. The molecule has 0 aliphatic carbocycles. The number of hydrogen-bond donors (Lipinski definition) is 0. The fraction of sp³-hybridized carbons (Fsp3) is 1.00. The molecule has 0 saturated heterocycles. The summed E-state index contributed by atoms with van der Waals surface area (Å²) in [6, 6.07) is 4.54. The van der Waals surface area contributed by atoms with Crippen LogP contribution in [0.25, 0.3) is 0 Å². The molecule has 2 heteroatoms. The molecule has 0 bridgehead atoms. The molecule has 0 saturated carbocycles. The minimum atomic E-state index is -0.642. The van der Waals surface area contributed by atoms with Crippen LogP contribution in [0.2, 0.25) is 18.1 Å². The van der Waals surface area contributed by atoms with Crippen LogP contribution >= 0.6 is 0 Å². The minimum absolute atomic E-state index is 0.642. The maximum absolute atomic E-state index is 2.37. The van der Waals surface area contributed by atoms with E-state index in [0.29, 0.717) is 0 Å². The zero-order valence-corrected chi connectivity index (χ0v) is 10.1. The molecule has 0 N–H and O–H groups in total. The van der Waals surface area contributed by atoms with Crippen molar-refractivity contribution in [1.29, 1.82) is 0 Å². The van der Waals surface area contributed by atoms with E-state index in [1.807, 2.05) is 0 Å². The van der Waals surface area contributed by atoms with Crippen molar-refractivity contribution in [3.63, 3.8) is 0 Å². The van der Waals surface area contributed by atoms with E-state index >= 15 is 0 Å². The Morgan fingerprint density at radius 2 is 1.56 bits per heavy atom. The summed E-state index contributed by atoms with van der Waals surface area (Å²) in [5, 5.41) is 0. The molecule has 0 aromatic carbocycles. The van der Waals surface area contributed by atoms with E-state index in [-0.39, 0.29) is 0 Å². The van der Waals surface area contributed by atoms with Gasteiger partial charge in [-0.3, -0.25) is 0 Å². The molecule has 56 valence electrons. The third kappa shape index (κ3) is 4.28. The van der Waals surface area contributed by atoms with Crippen LogP contribution in [0.4, 0.5) is 0 Å². The quantitative estimate of drug-likeness (QED) is 0.695. The molecule has 0 aliphatic heterocycles. The third-order valence-electron chi connectivity index (χ3n) is 1.97. The number of hydrogen-bond acceptors (Lipinski definition) is 0. The Hall–Kier alpha value is 1.80. The molecule has 0 fully saturated rings. The molecule has 0 nitrogen and oxygen atoms in total. The van der Waals surface area contributed by atoms with Gasteiger partial charge in [-0.05, 0) is 0 Å². The summed E-state index contributed by atoms with van der Waals surface area (Å²) in [5.74, 6) is 0. The van der Waals surface area contributed by atoms with E-state index in [1.54, 1.807) is 6.04 Å². The fourth-order valence-electron chi connectivity index (χ4n) is 1.05. The van der Waals surface area contributed by atoms with Gasteiger partial charge in [-0.15, -0.1) is 0 Å². The zero-order chi connectivity index (χ0) is 7.33. The van der Waals surface area contributed by atoms with Crippen LogP contribution in [0, 0.1) is 45.8 Å². The molecule has 0 atom stereocenters. The van der Waals surface area contributed by atoms with Crippen molar-refractivity contribution < 1.29 is 45.8 Å². The average molecular weight is 281 g/mol. The normalized spacial score (nSPS) is 12.0. The van der Waals surface area contributed by atoms with E-state index in [4.69, 9.17) is 0 Å². The second kappa shape index (κ2) is 5.45. The predicted molar refractivity (Wildman–Crippen MR) is 41.8 cm³/mol. The van der Waals surface area contributed by atoms with E-state index < -0.39 is 1.12 Å². The van der Waals surface area contributed by atoms with Gasteiger partial charge in [0.1, 0.15) is 0 Å². The summed E-state index contributed by atoms with van der Waals surface area (Å²) in [5.41, 5.74) is 0. The summed E-state index contributed by atoms with van der Waals surface area (Å²) in [7, 11) is 0. The van der Waals surface area contributed by atoms with Gasteiger partial charge < -0.3 is 0 Å². The Kier molecular flexibility index (Phi) is 6.54. The van der Waals surface area contributed by atoms with Gasteiger partial charge >= 0.3 is 92.2 Å². The monoisotopic (exact) mass is 282 g/mol. The SMILES string of the molecule is CCC[Si]([Eu])(CC)CC. The van der Waals surface area contributed by atoms with Crippen LogP contribution in [-0.2, 0) is 0 Å². The van der Waals surface area contributed by atoms with E-state index in [9.17, 15) is 0 Å². The Morgan fingerprint density at radius 1 is 1.11 bits per heavy atom. The van der Waals surface area contributed by atoms with Gasteiger partial charge in [-0.25, -0.2) is 0 Å². The molecule has 0 aliphatic rings. The second-order valence-electron chi connectivity index (χ2n) is 2.61. The summed E-state index contributed by atoms with van der Waals surface area (Å²) >= 11 is 2.12. The Balaban J connectivity index is 3.62. The molecule has 0 unspecified atom stereocenters. The second-order valence-corrected chi connectivity index (χ2v) is 14.5. The Labute approximate surface area is 90.7 Å². The van der Waals surface area contributed by atoms with Gasteiger partial charge in [0.15, 0.2) is 0 Å². The average Bonchev–Trinajstić information content (AvgIpc) is 1.89. The molecule has 0 heterocycles. The molecule has 0 aromatic rings. The van der Waals surface area contributed by atoms with Crippen molar-refractivity contribution in [3.05, 3.63) is 0 Å². The summed E-state index contributed by atoms with van der Waals surface area (Å²) in [6.45, 7) is 7.04. The first-order valence-electron chi connectivity index (χ1n) is 3.87. The molecule has 0 spiro atoms. The van der Waals surface area contributed by atoms with Crippen LogP contribution in [0.1, 0.15) is 27.2 Å². The van der Waals surface area contributed by atoms with Crippen molar-refractivity contribution in [3.8, 4) is 0 Å². The molecule has 0 radical (unpaired) electrons. The van der Waals surface area contributed by atoms with Crippen molar-refractivity contribution in [2.45, 2.75) is 45.3 Å². The molecule has 0 amide bonds. The topological polar surface area (TPSA) is 0 Å². The van der Waals surface area contributed by atoms with Crippen LogP contribution in [0.15, 0.2) is 0 Å². The van der Waals surface area contributed by atoms with E-state index in [2.05, 4.69) is 66.5 Å². The maximum atomic E-state index is 2.37. The first kappa shape index (κ1) is 10.8. The Morgan fingerprint density at radius 3 is 1.67 bits per heavy atom. The molecular formula is C7H17EuSi. The molecule has 0 rings (SSSR count). The van der Waals surface area contributed by atoms with Crippen molar-refractivity contribution in [2.75, 3.05) is 0 Å². The van der Waals surface area contributed by atoms with Crippen molar-refractivity contribution in [2.24, 2.45) is 0 Å². The van der Waals surface area contributed by atoms with Crippen LogP contribution in [-0.4, -0.2) is 1.12 Å². The van der Waals surface area contributed by atoms with Gasteiger partial charge in [0.25, 0.3) is 0 Å². The first-order valence-corrected chi connectivity index (χ1v) is 10.0. The predicted octanol–water partition coefficient (Wildman–Crippen LogP) is 2.93. The van der Waals surface area contributed by atoms with Gasteiger partial charge in [-0.2, -0.15) is 0 Å². The van der Waals surface area contributed by atoms with Gasteiger partial charge in [-0.1, -0.05) is 0 Å². The zero-order valence-electron chi connectivity index (χ0n) is 6.71. The van der Waals surface area contributed by atoms with Crippen LogP contribution in [0.5, 0.6) is 0 Å². The van der Waals surface area contributed by atoms with Crippen molar-refractivity contribution >= 4 is 1.12 Å². The van der Waals surface area contributed by atoms with Gasteiger partial charge in [0.2, 0.25) is 0 Å². The van der Waals surface area contributed by atoms with Crippen LogP contribution < -0.4 is 0 Å². The fourth-order valence-corrected chi connectivity index (χ4v) is 4.97.